The largest absolute Gasteiger partial charge is 0.378 e. The van der Waals surface area contributed by atoms with E-state index in [1.807, 2.05) is 21.1 Å². The molecule has 3 nitrogen and oxygen atoms in total. The van der Waals surface area contributed by atoms with Crippen molar-refractivity contribution >= 4 is 7.68 Å². The van der Waals surface area contributed by atoms with E-state index >= 15 is 0 Å². The minimum Gasteiger partial charge on any atom is -0.314 e. The zero-order chi connectivity index (χ0) is 22.7. The van der Waals surface area contributed by atoms with Crippen LogP contribution in [-0.4, -0.2) is 30.9 Å². The first kappa shape index (κ1) is 29.6. The molecule has 0 amide bonds. The summed E-state index contributed by atoms with van der Waals surface area (Å²) >= 11 is 0. The van der Waals surface area contributed by atoms with Crippen molar-refractivity contribution in [2.24, 2.45) is 0 Å². The Bertz CT molecular complexity index is 486. The fourth-order valence-electron chi connectivity index (χ4n) is 4.46. The molecule has 178 valence electrons. The van der Waals surface area contributed by atoms with Gasteiger partial charge in [-0.25, -0.2) is 9.13 Å². The average molecular weight is 443 g/mol. The normalized spacial score (nSPS) is 14.3. The highest BCUT2D eigenvalue weighted by atomic mass is 31.1. The number of allylic oxidation sites excluding steroid dienone is 2. The third-order valence-corrected chi connectivity index (χ3v) is 8.30. The third-order valence-electron chi connectivity index (χ3n) is 6.58. The fourth-order valence-corrected chi connectivity index (χ4v) is 5.69. The van der Waals surface area contributed by atoms with E-state index in [1.165, 1.54) is 83.5 Å². The summed E-state index contributed by atoms with van der Waals surface area (Å²) in [5.41, 5.74) is 0. The lowest BCUT2D eigenvalue weighted by atomic mass is 9.99. The SMILES string of the molecule is CCCCCCCC=CCCCCCCCCCCC(CCC)(P(=O)=O)[N+](C)(C)C. The maximum atomic E-state index is 12.1. The Morgan fingerprint density at radius 3 is 1.43 bits per heavy atom. The van der Waals surface area contributed by atoms with Crippen LogP contribution in [0.1, 0.15) is 129 Å². The summed E-state index contributed by atoms with van der Waals surface area (Å²) in [5.74, 6) is 0. The maximum absolute atomic E-state index is 12.1. The van der Waals surface area contributed by atoms with Gasteiger partial charge in [-0.15, -0.1) is 0 Å². The molecule has 0 saturated carbocycles. The quantitative estimate of drug-likeness (QED) is 0.0768. The molecular weight excluding hydrogens is 389 g/mol. The smallest absolute Gasteiger partial charge is 0.314 e. The lowest BCUT2D eigenvalue weighted by Crippen LogP contribution is -2.53. The topological polar surface area (TPSA) is 34.1 Å². The Morgan fingerprint density at radius 2 is 1.03 bits per heavy atom. The molecule has 4 heteroatoms. The average Bonchev–Trinajstić information content (AvgIpc) is 2.68. The molecule has 0 N–H and O–H groups in total. The fraction of sp³-hybridized carbons (Fsp3) is 0.923. The van der Waals surface area contributed by atoms with Crippen LogP contribution in [0.2, 0.25) is 0 Å². The summed E-state index contributed by atoms with van der Waals surface area (Å²) in [7, 11) is 3.67. The Balaban J connectivity index is 3.71. The van der Waals surface area contributed by atoms with E-state index in [2.05, 4.69) is 26.0 Å². The second-order valence-electron chi connectivity index (χ2n) is 10.0. The van der Waals surface area contributed by atoms with Gasteiger partial charge in [0, 0.05) is 12.8 Å². The van der Waals surface area contributed by atoms with Gasteiger partial charge in [0.05, 0.1) is 21.1 Å². The summed E-state index contributed by atoms with van der Waals surface area (Å²) in [5, 5.41) is -0.590. The molecule has 0 heterocycles. The van der Waals surface area contributed by atoms with Gasteiger partial charge in [-0.05, 0) is 38.5 Å². The van der Waals surface area contributed by atoms with Crippen molar-refractivity contribution in [1.82, 2.24) is 0 Å². The van der Waals surface area contributed by atoms with E-state index in [0.29, 0.717) is 4.48 Å². The maximum Gasteiger partial charge on any atom is 0.378 e. The van der Waals surface area contributed by atoms with Gasteiger partial charge in [-0.3, -0.25) is 0 Å². The van der Waals surface area contributed by atoms with Gasteiger partial charge in [0.15, 0.2) is 0 Å². The van der Waals surface area contributed by atoms with Crippen LogP contribution in [-0.2, 0) is 9.13 Å². The molecule has 0 aliphatic rings. The van der Waals surface area contributed by atoms with E-state index in [-0.39, 0.29) is 0 Å². The highest BCUT2D eigenvalue weighted by Crippen LogP contribution is 2.44. The van der Waals surface area contributed by atoms with Crippen LogP contribution in [0.3, 0.4) is 0 Å². The first-order chi connectivity index (χ1) is 14.3. The van der Waals surface area contributed by atoms with Crippen LogP contribution in [0.4, 0.5) is 0 Å². The molecule has 0 aromatic heterocycles. The molecule has 1 unspecified atom stereocenters. The number of hydrogen-bond donors (Lipinski definition) is 0. The van der Waals surface area contributed by atoms with Gasteiger partial charge < -0.3 is 4.48 Å². The molecule has 0 spiro atoms. The Kier molecular flexibility index (Phi) is 18.0. The summed E-state index contributed by atoms with van der Waals surface area (Å²) in [6, 6.07) is 0. The van der Waals surface area contributed by atoms with Crippen LogP contribution in [0.25, 0.3) is 0 Å². The predicted molar refractivity (Wildman–Crippen MR) is 133 cm³/mol. The van der Waals surface area contributed by atoms with Crippen molar-refractivity contribution in [3.05, 3.63) is 12.2 Å². The second-order valence-corrected chi connectivity index (χ2v) is 11.4. The van der Waals surface area contributed by atoms with Crippen LogP contribution in [0, 0.1) is 0 Å². The van der Waals surface area contributed by atoms with E-state index in [9.17, 15) is 9.13 Å². The van der Waals surface area contributed by atoms with Crippen molar-refractivity contribution in [1.29, 1.82) is 0 Å². The lowest BCUT2D eigenvalue weighted by molar-refractivity contribution is -0.908. The molecule has 0 aliphatic heterocycles. The van der Waals surface area contributed by atoms with E-state index in [4.69, 9.17) is 0 Å². The summed E-state index contributed by atoms with van der Waals surface area (Å²) in [4.78, 5) is 0. The standard InChI is InChI=1S/C26H53NO2P/c1-6-8-9-10-11-12-13-14-15-16-17-18-19-20-21-22-23-25-26(24-7-2,30(28)29)27(3,4)5/h13-14H,6-12,15-25H2,1-5H3/q+1. The molecule has 0 rings (SSSR count). The number of rotatable bonds is 21. The van der Waals surface area contributed by atoms with Gasteiger partial charge in [0.1, 0.15) is 0 Å². The minimum absolute atomic E-state index is 0.521. The van der Waals surface area contributed by atoms with Crippen molar-refractivity contribution < 1.29 is 13.6 Å². The molecule has 0 fully saturated rings. The van der Waals surface area contributed by atoms with Gasteiger partial charge in [-0.2, -0.15) is 0 Å². The summed E-state index contributed by atoms with van der Waals surface area (Å²) in [6.07, 6.45) is 26.7. The van der Waals surface area contributed by atoms with Crippen molar-refractivity contribution in [2.45, 2.75) is 135 Å². The van der Waals surface area contributed by atoms with Gasteiger partial charge in [0.2, 0.25) is 5.28 Å². The highest BCUT2D eigenvalue weighted by Gasteiger charge is 2.47. The zero-order valence-electron chi connectivity index (χ0n) is 21.1. The Morgan fingerprint density at radius 1 is 0.600 bits per heavy atom. The molecular formula is C26H53NO2P+. The monoisotopic (exact) mass is 442 g/mol. The summed E-state index contributed by atoms with van der Waals surface area (Å²) < 4.78 is 24.7. The molecule has 0 saturated heterocycles. The first-order valence-corrected chi connectivity index (χ1v) is 14.1. The third kappa shape index (κ3) is 13.1. The summed E-state index contributed by atoms with van der Waals surface area (Å²) in [6.45, 7) is 4.36. The molecule has 0 radical (unpaired) electrons. The molecule has 1 atom stereocenters. The highest BCUT2D eigenvalue weighted by molar-refractivity contribution is 7.32. The van der Waals surface area contributed by atoms with Crippen molar-refractivity contribution in [3.63, 3.8) is 0 Å². The molecule has 0 aliphatic carbocycles. The van der Waals surface area contributed by atoms with Crippen LogP contribution in [0.5, 0.6) is 0 Å². The van der Waals surface area contributed by atoms with Gasteiger partial charge >= 0.3 is 7.68 Å². The van der Waals surface area contributed by atoms with Gasteiger partial charge in [0.25, 0.3) is 0 Å². The van der Waals surface area contributed by atoms with Crippen LogP contribution in [0.15, 0.2) is 12.2 Å². The van der Waals surface area contributed by atoms with Crippen LogP contribution < -0.4 is 0 Å². The molecule has 0 aromatic rings. The number of unbranched alkanes of at least 4 members (excludes halogenated alkanes) is 13. The van der Waals surface area contributed by atoms with Crippen molar-refractivity contribution in [2.75, 3.05) is 21.1 Å². The van der Waals surface area contributed by atoms with E-state index in [1.54, 1.807) is 0 Å². The number of nitrogens with zero attached hydrogens (tertiary/aromatic N) is 1. The Labute approximate surface area is 189 Å². The lowest BCUT2D eigenvalue weighted by Gasteiger charge is -2.41. The molecule has 0 bridgehead atoms. The molecule has 0 aromatic carbocycles. The first-order valence-electron chi connectivity index (χ1n) is 12.9. The van der Waals surface area contributed by atoms with E-state index in [0.717, 1.165) is 32.1 Å². The number of quaternary nitrogens is 1. The van der Waals surface area contributed by atoms with E-state index < -0.39 is 13.0 Å². The van der Waals surface area contributed by atoms with Crippen molar-refractivity contribution in [3.8, 4) is 0 Å². The number of hydrogen-bond acceptors (Lipinski definition) is 2. The predicted octanol–water partition coefficient (Wildman–Crippen LogP) is 9.18. The second kappa shape index (κ2) is 18.2. The Hall–Kier alpha value is -0.400. The molecule has 30 heavy (non-hydrogen) atoms. The zero-order valence-corrected chi connectivity index (χ0v) is 22.0. The van der Waals surface area contributed by atoms with Gasteiger partial charge in [-0.1, -0.05) is 90.2 Å². The van der Waals surface area contributed by atoms with Crippen LogP contribution >= 0.6 is 7.68 Å². The minimum atomic E-state index is -2.42.